The van der Waals surface area contributed by atoms with Gasteiger partial charge >= 0.3 is 0 Å². The summed E-state index contributed by atoms with van der Waals surface area (Å²) < 4.78 is 1.50. The Morgan fingerprint density at radius 1 is 1.17 bits per heavy atom. The van der Waals surface area contributed by atoms with Crippen molar-refractivity contribution in [3.8, 4) is 11.4 Å². The fourth-order valence-corrected chi connectivity index (χ4v) is 2.70. The molecule has 1 amide bonds. The Morgan fingerprint density at radius 3 is 2.58 bits per heavy atom. The van der Waals surface area contributed by atoms with Crippen LogP contribution in [0.3, 0.4) is 0 Å². The molecule has 2 aromatic carbocycles. The van der Waals surface area contributed by atoms with Gasteiger partial charge in [-0.3, -0.25) is 4.79 Å². The average molecular weight is 362 g/mol. The first kappa shape index (κ1) is 16.3. The van der Waals surface area contributed by atoms with E-state index in [1.165, 1.54) is 16.4 Å². The van der Waals surface area contributed by atoms with Crippen molar-refractivity contribution in [2.45, 2.75) is 5.16 Å². The van der Waals surface area contributed by atoms with Gasteiger partial charge in [0.05, 0.1) is 11.4 Å². The predicted molar refractivity (Wildman–Crippen MR) is 91.6 cm³/mol. The molecule has 0 aliphatic carbocycles. The highest BCUT2D eigenvalue weighted by molar-refractivity contribution is 7.99. The number of nitrogens with zero attached hydrogens (tertiary/aromatic N) is 4. The minimum atomic E-state index is -0.178. The number of benzene rings is 2. The molecule has 3 aromatic rings. The van der Waals surface area contributed by atoms with E-state index < -0.39 is 0 Å². The van der Waals surface area contributed by atoms with Gasteiger partial charge in [0.15, 0.2) is 0 Å². The molecule has 0 atom stereocenters. The molecule has 122 valence electrons. The highest BCUT2D eigenvalue weighted by Crippen LogP contribution is 2.20. The van der Waals surface area contributed by atoms with E-state index in [9.17, 15) is 9.90 Å². The summed E-state index contributed by atoms with van der Waals surface area (Å²) in [7, 11) is 0. The van der Waals surface area contributed by atoms with Crippen LogP contribution in [0, 0.1) is 0 Å². The minimum Gasteiger partial charge on any atom is -0.508 e. The molecule has 0 unspecified atom stereocenters. The van der Waals surface area contributed by atoms with E-state index >= 15 is 0 Å². The van der Waals surface area contributed by atoms with Gasteiger partial charge in [-0.2, -0.15) is 4.68 Å². The number of phenols is 1. The Labute approximate surface area is 146 Å². The summed E-state index contributed by atoms with van der Waals surface area (Å²) in [5.74, 6) is 0.132. The lowest BCUT2D eigenvalue weighted by Gasteiger charge is -2.06. The summed E-state index contributed by atoms with van der Waals surface area (Å²) >= 11 is 7.01. The quantitative estimate of drug-likeness (QED) is 0.679. The monoisotopic (exact) mass is 361 g/mol. The molecule has 2 N–H and O–H groups in total. The van der Waals surface area contributed by atoms with Crippen molar-refractivity contribution in [1.29, 1.82) is 0 Å². The van der Waals surface area contributed by atoms with E-state index in [0.717, 1.165) is 0 Å². The number of hydrogen-bond acceptors (Lipinski definition) is 6. The van der Waals surface area contributed by atoms with Gasteiger partial charge in [0.1, 0.15) is 5.75 Å². The van der Waals surface area contributed by atoms with Gasteiger partial charge in [0.2, 0.25) is 11.1 Å². The topological polar surface area (TPSA) is 92.9 Å². The zero-order valence-corrected chi connectivity index (χ0v) is 13.8. The second-order valence-electron chi connectivity index (χ2n) is 4.73. The summed E-state index contributed by atoms with van der Waals surface area (Å²) in [4.78, 5) is 12.0. The number of amides is 1. The van der Waals surface area contributed by atoms with Gasteiger partial charge < -0.3 is 10.4 Å². The average Bonchev–Trinajstić information content (AvgIpc) is 3.04. The van der Waals surface area contributed by atoms with Crippen molar-refractivity contribution >= 4 is 35.0 Å². The lowest BCUT2D eigenvalue weighted by atomic mass is 10.3. The number of rotatable bonds is 5. The van der Waals surface area contributed by atoms with Crippen molar-refractivity contribution in [3.05, 3.63) is 53.6 Å². The number of hydrogen-bond donors (Lipinski definition) is 2. The molecule has 0 aliphatic heterocycles. The smallest absolute Gasteiger partial charge is 0.234 e. The van der Waals surface area contributed by atoms with Crippen LogP contribution < -0.4 is 5.32 Å². The first-order valence-electron chi connectivity index (χ1n) is 6.88. The van der Waals surface area contributed by atoms with Crippen molar-refractivity contribution < 1.29 is 9.90 Å². The zero-order chi connectivity index (χ0) is 16.9. The number of carbonyl (C=O) groups is 1. The number of anilines is 1. The molecule has 1 aromatic heterocycles. The minimum absolute atomic E-state index is 0.154. The van der Waals surface area contributed by atoms with E-state index in [2.05, 4.69) is 20.8 Å². The van der Waals surface area contributed by atoms with Crippen LogP contribution in [0.15, 0.2) is 53.7 Å². The van der Waals surface area contributed by atoms with Crippen LogP contribution in [0.5, 0.6) is 5.75 Å². The molecule has 9 heteroatoms. The highest BCUT2D eigenvalue weighted by Gasteiger charge is 2.11. The lowest BCUT2D eigenvalue weighted by molar-refractivity contribution is -0.113. The standard InChI is InChI=1S/C15H12ClN5O2S/c16-10-1-3-11(4-2-10)17-14(23)9-24-15-18-19-20-21(15)12-5-7-13(22)8-6-12/h1-8,22H,9H2,(H,17,23). The van der Waals surface area contributed by atoms with E-state index in [1.807, 2.05) is 0 Å². The molecule has 0 saturated carbocycles. The number of carbonyl (C=O) groups excluding carboxylic acids is 1. The van der Waals surface area contributed by atoms with E-state index in [0.29, 0.717) is 21.6 Å². The summed E-state index contributed by atoms with van der Waals surface area (Å²) in [5.41, 5.74) is 1.36. The molecular weight excluding hydrogens is 350 g/mol. The van der Waals surface area contributed by atoms with E-state index in [4.69, 9.17) is 11.6 Å². The number of aromatic hydroxyl groups is 1. The molecule has 0 aliphatic rings. The SMILES string of the molecule is O=C(CSc1nnnn1-c1ccc(O)cc1)Nc1ccc(Cl)cc1. The summed E-state index contributed by atoms with van der Waals surface area (Å²) in [6, 6.07) is 13.3. The molecule has 24 heavy (non-hydrogen) atoms. The summed E-state index contributed by atoms with van der Waals surface area (Å²) in [6.45, 7) is 0. The zero-order valence-electron chi connectivity index (χ0n) is 12.3. The maximum atomic E-state index is 12.0. The number of tetrazole rings is 1. The number of nitrogens with one attached hydrogen (secondary N) is 1. The van der Waals surface area contributed by atoms with Crippen LogP contribution in [0.2, 0.25) is 5.02 Å². The van der Waals surface area contributed by atoms with Crippen LogP contribution >= 0.6 is 23.4 Å². The molecule has 0 saturated heterocycles. The molecular formula is C15H12ClN5O2S. The molecule has 0 radical (unpaired) electrons. The Bertz CT molecular complexity index is 836. The highest BCUT2D eigenvalue weighted by atomic mass is 35.5. The Balaban J connectivity index is 1.63. The van der Waals surface area contributed by atoms with Gasteiger partial charge in [-0.05, 0) is 59.0 Å². The first-order chi connectivity index (χ1) is 11.6. The van der Waals surface area contributed by atoms with Gasteiger partial charge in [-0.15, -0.1) is 5.10 Å². The van der Waals surface area contributed by atoms with Gasteiger partial charge in [0.25, 0.3) is 0 Å². The molecule has 0 fully saturated rings. The summed E-state index contributed by atoms with van der Waals surface area (Å²) in [5, 5.41) is 24.6. The number of aromatic nitrogens is 4. The van der Waals surface area contributed by atoms with Gasteiger partial charge in [0, 0.05) is 10.7 Å². The molecule has 0 spiro atoms. The third-order valence-electron chi connectivity index (χ3n) is 3.00. The maximum absolute atomic E-state index is 12.0. The second-order valence-corrected chi connectivity index (χ2v) is 6.11. The molecule has 3 rings (SSSR count). The van der Waals surface area contributed by atoms with Gasteiger partial charge in [-0.1, -0.05) is 23.4 Å². The lowest BCUT2D eigenvalue weighted by Crippen LogP contribution is -2.14. The van der Waals surface area contributed by atoms with Gasteiger partial charge in [-0.25, -0.2) is 0 Å². The van der Waals surface area contributed by atoms with Crippen LogP contribution in [0.1, 0.15) is 0 Å². The third kappa shape index (κ3) is 4.03. The number of halogens is 1. The molecule has 7 nitrogen and oxygen atoms in total. The number of thioether (sulfide) groups is 1. The Morgan fingerprint density at radius 2 is 1.88 bits per heavy atom. The van der Waals surface area contributed by atoms with Crippen LogP contribution in [-0.4, -0.2) is 37.0 Å². The fourth-order valence-electron chi connectivity index (χ4n) is 1.89. The largest absolute Gasteiger partial charge is 0.508 e. The van der Waals surface area contributed by atoms with Crippen molar-refractivity contribution in [3.63, 3.8) is 0 Å². The molecule has 1 heterocycles. The van der Waals surface area contributed by atoms with Crippen molar-refractivity contribution in [2.24, 2.45) is 0 Å². The third-order valence-corrected chi connectivity index (χ3v) is 4.17. The first-order valence-corrected chi connectivity index (χ1v) is 8.24. The predicted octanol–water partition coefficient (Wildman–Crippen LogP) is 2.75. The normalized spacial score (nSPS) is 10.5. The van der Waals surface area contributed by atoms with Crippen LogP contribution in [0.4, 0.5) is 5.69 Å². The van der Waals surface area contributed by atoms with E-state index in [1.54, 1.807) is 48.5 Å². The summed E-state index contributed by atoms with van der Waals surface area (Å²) in [6.07, 6.45) is 0. The van der Waals surface area contributed by atoms with Crippen molar-refractivity contribution in [2.75, 3.05) is 11.1 Å². The molecule has 0 bridgehead atoms. The van der Waals surface area contributed by atoms with E-state index in [-0.39, 0.29) is 17.4 Å². The van der Waals surface area contributed by atoms with Crippen LogP contribution in [-0.2, 0) is 4.79 Å². The maximum Gasteiger partial charge on any atom is 0.234 e. The van der Waals surface area contributed by atoms with Crippen LogP contribution in [0.25, 0.3) is 5.69 Å². The number of phenolic OH excluding ortho intramolecular Hbond substituents is 1. The van der Waals surface area contributed by atoms with Crippen molar-refractivity contribution in [1.82, 2.24) is 20.2 Å². The second kappa shape index (κ2) is 7.33. The Hall–Kier alpha value is -2.58. The Kier molecular flexibility index (Phi) is 4.97. The fraction of sp³-hybridized carbons (Fsp3) is 0.0667.